The molecule has 0 saturated carbocycles. The van der Waals surface area contributed by atoms with E-state index in [1.165, 1.54) is 24.4 Å². The molecule has 1 aromatic heterocycles. The number of hydrogen-bond acceptors (Lipinski definition) is 4. The third-order valence-corrected chi connectivity index (χ3v) is 4.00. The number of nitrogens with one attached hydrogen (secondary N) is 2. The third-order valence-electron chi connectivity index (χ3n) is 2.42. The number of hydrogen-bond donors (Lipinski definition) is 2. The van der Waals surface area contributed by atoms with Gasteiger partial charge in [-0.3, -0.25) is 4.72 Å². The van der Waals surface area contributed by atoms with E-state index in [-0.39, 0.29) is 15.6 Å². The van der Waals surface area contributed by atoms with Gasteiger partial charge in [0.15, 0.2) is 0 Å². The van der Waals surface area contributed by atoms with Gasteiger partial charge in [0.05, 0.1) is 5.69 Å². The molecular weight excluding hydrogens is 305 g/mol. The topological polar surface area (TPSA) is 71.1 Å². The average Bonchev–Trinajstić information content (AvgIpc) is 2.37. The molecule has 0 radical (unpaired) electrons. The number of aromatic nitrogens is 1. The van der Waals surface area contributed by atoms with Gasteiger partial charge in [-0.05, 0) is 30.3 Å². The van der Waals surface area contributed by atoms with E-state index in [1.807, 2.05) is 0 Å². The standard InChI is InChI=1S/C12H11ClFN3O2S/c1-15-12-3-2-11(7-16-12)20(18,19)17-10-5-8(13)4-9(14)6-10/h2-7,17H,1H3,(H,15,16). The van der Waals surface area contributed by atoms with Crippen molar-refractivity contribution in [1.29, 1.82) is 0 Å². The lowest BCUT2D eigenvalue weighted by Gasteiger charge is -2.09. The van der Waals surface area contributed by atoms with Crippen molar-refractivity contribution in [2.75, 3.05) is 17.1 Å². The minimum Gasteiger partial charge on any atom is -0.373 e. The van der Waals surface area contributed by atoms with E-state index < -0.39 is 15.8 Å². The van der Waals surface area contributed by atoms with Crippen LogP contribution in [0.5, 0.6) is 0 Å². The molecule has 0 saturated heterocycles. The Kier molecular flexibility index (Phi) is 4.10. The van der Waals surface area contributed by atoms with Crippen molar-refractivity contribution in [2.24, 2.45) is 0 Å². The number of halogens is 2. The van der Waals surface area contributed by atoms with Crippen molar-refractivity contribution in [3.05, 3.63) is 47.4 Å². The molecule has 20 heavy (non-hydrogen) atoms. The summed E-state index contributed by atoms with van der Waals surface area (Å²) in [7, 11) is -2.17. The van der Waals surface area contributed by atoms with Crippen molar-refractivity contribution in [3.8, 4) is 0 Å². The zero-order valence-electron chi connectivity index (χ0n) is 10.4. The van der Waals surface area contributed by atoms with Gasteiger partial charge in [-0.2, -0.15) is 0 Å². The first kappa shape index (κ1) is 14.5. The molecule has 1 aromatic carbocycles. The molecule has 1 heterocycles. The number of benzene rings is 1. The lowest BCUT2D eigenvalue weighted by Crippen LogP contribution is -2.13. The Balaban J connectivity index is 2.30. The minimum absolute atomic E-state index is 0.0307. The molecule has 0 bridgehead atoms. The van der Waals surface area contributed by atoms with Crippen LogP contribution in [-0.2, 0) is 10.0 Å². The van der Waals surface area contributed by atoms with E-state index in [9.17, 15) is 12.8 Å². The maximum absolute atomic E-state index is 13.2. The molecule has 106 valence electrons. The SMILES string of the molecule is CNc1ccc(S(=O)(=O)Nc2cc(F)cc(Cl)c2)cn1. The van der Waals surface area contributed by atoms with E-state index in [4.69, 9.17) is 11.6 Å². The van der Waals surface area contributed by atoms with Crippen LogP contribution in [0.4, 0.5) is 15.9 Å². The Labute approximate surface area is 120 Å². The lowest BCUT2D eigenvalue weighted by atomic mass is 10.3. The summed E-state index contributed by atoms with van der Waals surface area (Å²) in [6.07, 6.45) is 1.20. The van der Waals surface area contributed by atoms with Crippen molar-refractivity contribution in [2.45, 2.75) is 4.90 Å². The Morgan fingerprint density at radius 2 is 2.00 bits per heavy atom. The summed E-state index contributed by atoms with van der Waals surface area (Å²) in [5.41, 5.74) is 0.0488. The fourth-order valence-electron chi connectivity index (χ4n) is 1.51. The summed E-state index contributed by atoms with van der Waals surface area (Å²) in [5, 5.41) is 2.88. The predicted octanol–water partition coefficient (Wildman–Crippen LogP) is 2.72. The first-order chi connectivity index (χ1) is 9.40. The number of nitrogens with zero attached hydrogens (tertiary/aromatic N) is 1. The summed E-state index contributed by atoms with van der Waals surface area (Å²) >= 11 is 5.67. The number of pyridine rings is 1. The Bertz CT molecular complexity index is 700. The van der Waals surface area contributed by atoms with E-state index in [2.05, 4.69) is 15.0 Å². The summed E-state index contributed by atoms with van der Waals surface area (Å²) in [6.45, 7) is 0. The van der Waals surface area contributed by atoms with Gasteiger partial charge in [0.2, 0.25) is 0 Å². The molecule has 0 aliphatic heterocycles. The summed E-state index contributed by atoms with van der Waals surface area (Å²) in [4.78, 5) is 3.88. The highest BCUT2D eigenvalue weighted by atomic mass is 35.5. The van der Waals surface area contributed by atoms with Crippen LogP contribution in [0.15, 0.2) is 41.4 Å². The number of rotatable bonds is 4. The van der Waals surface area contributed by atoms with Crippen LogP contribution in [-0.4, -0.2) is 20.4 Å². The monoisotopic (exact) mass is 315 g/mol. The Morgan fingerprint density at radius 1 is 1.25 bits per heavy atom. The molecule has 2 aromatic rings. The predicted molar refractivity (Wildman–Crippen MR) is 76.0 cm³/mol. The van der Waals surface area contributed by atoms with E-state index >= 15 is 0 Å². The molecule has 8 heteroatoms. The second kappa shape index (κ2) is 5.64. The zero-order chi connectivity index (χ0) is 14.8. The van der Waals surface area contributed by atoms with Gasteiger partial charge >= 0.3 is 0 Å². The van der Waals surface area contributed by atoms with Crippen molar-refractivity contribution < 1.29 is 12.8 Å². The van der Waals surface area contributed by atoms with Crippen molar-refractivity contribution in [1.82, 2.24) is 4.98 Å². The van der Waals surface area contributed by atoms with Gasteiger partial charge in [-0.1, -0.05) is 11.6 Å². The van der Waals surface area contributed by atoms with Crippen LogP contribution in [0.3, 0.4) is 0 Å². The average molecular weight is 316 g/mol. The van der Waals surface area contributed by atoms with Gasteiger partial charge in [0.25, 0.3) is 10.0 Å². The molecular formula is C12H11ClFN3O2S. The maximum atomic E-state index is 13.2. The summed E-state index contributed by atoms with van der Waals surface area (Å²) in [6, 6.07) is 6.36. The zero-order valence-corrected chi connectivity index (χ0v) is 12.0. The molecule has 2 rings (SSSR count). The van der Waals surface area contributed by atoms with E-state index in [1.54, 1.807) is 7.05 Å². The highest BCUT2D eigenvalue weighted by molar-refractivity contribution is 7.92. The lowest BCUT2D eigenvalue weighted by molar-refractivity contribution is 0.600. The number of sulfonamides is 1. The van der Waals surface area contributed by atoms with Gasteiger partial charge in [0.1, 0.15) is 16.5 Å². The molecule has 0 unspecified atom stereocenters. The van der Waals surface area contributed by atoms with Crippen LogP contribution < -0.4 is 10.0 Å². The van der Waals surface area contributed by atoms with Crippen LogP contribution in [0, 0.1) is 5.82 Å². The molecule has 0 amide bonds. The Morgan fingerprint density at radius 3 is 2.55 bits per heavy atom. The molecule has 0 atom stereocenters. The molecule has 0 fully saturated rings. The van der Waals surface area contributed by atoms with Crippen LogP contribution in [0.25, 0.3) is 0 Å². The van der Waals surface area contributed by atoms with Gasteiger partial charge in [0, 0.05) is 18.3 Å². The van der Waals surface area contributed by atoms with Crippen molar-refractivity contribution in [3.63, 3.8) is 0 Å². The highest BCUT2D eigenvalue weighted by Gasteiger charge is 2.15. The number of anilines is 2. The Hall–Kier alpha value is -1.86. The van der Waals surface area contributed by atoms with Gasteiger partial charge in [-0.15, -0.1) is 0 Å². The fourth-order valence-corrected chi connectivity index (χ4v) is 2.72. The first-order valence-corrected chi connectivity index (χ1v) is 7.39. The molecule has 0 aliphatic carbocycles. The summed E-state index contributed by atoms with van der Waals surface area (Å²) in [5.74, 6) is -0.0865. The van der Waals surface area contributed by atoms with Crippen molar-refractivity contribution >= 4 is 33.1 Å². The van der Waals surface area contributed by atoms with Crippen LogP contribution >= 0.6 is 11.6 Å². The maximum Gasteiger partial charge on any atom is 0.263 e. The van der Waals surface area contributed by atoms with E-state index in [0.29, 0.717) is 5.82 Å². The highest BCUT2D eigenvalue weighted by Crippen LogP contribution is 2.21. The van der Waals surface area contributed by atoms with E-state index in [0.717, 1.165) is 12.1 Å². The molecule has 0 aliphatic rings. The smallest absolute Gasteiger partial charge is 0.263 e. The largest absolute Gasteiger partial charge is 0.373 e. The van der Waals surface area contributed by atoms with Gasteiger partial charge < -0.3 is 5.32 Å². The second-order valence-corrected chi connectivity index (χ2v) is 6.01. The minimum atomic E-state index is -3.84. The van der Waals surface area contributed by atoms with Crippen LogP contribution in [0.1, 0.15) is 0 Å². The normalized spacial score (nSPS) is 11.2. The quantitative estimate of drug-likeness (QED) is 0.910. The molecule has 0 spiro atoms. The fraction of sp³-hybridized carbons (Fsp3) is 0.0833. The molecule has 2 N–H and O–H groups in total. The second-order valence-electron chi connectivity index (χ2n) is 3.89. The first-order valence-electron chi connectivity index (χ1n) is 5.53. The van der Waals surface area contributed by atoms with Gasteiger partial charge in [-0.25, -0.2) is 17.8 Å². The van der Waals surface area contributed by atoms with Crippen LogP contribution in [0.2, 0.25) is 5.02 Å². The third kappa shape index (κ3) is 3.37. The molecule has 5 nitrogen and oxygen atoms in total. The summed E-state index contributed by atoms with van der Waals surface area (Å²) < 4.78 is 39.6.